The number of piperidine rings is 1. The van der Waals surface area contributed by atoms with Gasteiger partial charge in [-0.05, 0) is 108 Å². The monoisotopic (exact) mass is 748 g/mol. The number of aromatic nitrogens is 2. The molecule has 1 aromatic heterocycles. The number of nitrogens with one attached hydrogen (secondary N) is 2. The van der Waals surface area contributed by atoms with Crippen molar-refractivity contribution in [2.75, 3.05) is 13.2 Å². The molecule has 9 heteroatoms. The number of benzene rings is 5. The predicted octanol–water partition coefficient (Wildman–Crippen LogP) is 8.19. The maximum absolute atomic E-state index is 12.5. The minimum Gasteiger partial charge on any atom is -0.508 e. The maximum atomic E-state index is 12.5. The maximum Gasteiger partial charge on any atom is 0.235 e. The number of hydrogen-bond donors (Lipinski definition) is 3. The van der Waals surface area contributed by atoms with Crippen LogP contribution in [0.15, 0.2) is 115 Å². The standard InChI is InChI=1S/C47H48N4O5/c1-51-46-40(45(50-51)41-24-25-43(53)49-47(41)54)10-7-11-42(46)56-30-32-14-12-31(13-15-32)29-48-26-5-6-27-55-37-20-16-34(17-21-37)44-38(33-8-3-2-4-9-33)22-18-35-28-36(52)19-23-39(35)44/h2-4,7-17,19-21,23,28,38,41,44,48,52H,5-6,18,22,24-27,29-30H2,1H3,(H,49,53,54)/t38-,41?,44+/m1/s1. The van der Waals surface area contributed by atoms with E-state index in [-0.39, 0.29) is 17.7 Å². The van der Waals surface area contributed by atoms with Gasteiger partial charge in [0, 0.05) is 31.3 Å². The van der Waals surface area contributed by atoms with Crippen molar-refractivity contribution in [3.63, 3.8) is 0 Å². The third kappa shape index (κ3) is 8.19. The van der Waals surface area contributed by atoms with Gasteiger partial charge in [0.2, 0.25) is 11.8 Å². The topological polar surface area (TPSA) is 115 Å². The molecule has 286 valence electrons. The second-order valence-electron chi connectivity index (χ2n) is 15.0. The number of imide groups is 1. The lowest BCUT2D eigenvalue weighted by Crippen LogP contribution is -2.39. The van der Waals surface area contributed by atoms with Crippen molar-refractivity contribution in [2.24, 2.45) is 7.05 Å². The van der Waals surface area contributed by atoms with Crippen LogP contribution >= 0.6 is 0 Å². The van der Waals surface area contributed by atoms with Gasteiger partial charge in [-0.3, -0.25) is 19.6 Å². The molecule has 0 spiro atoms. The van der Waals surface area contributed by atoms with Crippen LogP contribution in [-0.2, 0) is 36.2 Å². The Hall–Kier alpha value is -5.93. The molecule has 3 N–H and O–H groups in total. The summed E-state index contributed by atoms with van der Waals surface area (Å²) in [4.78, 5) is 24.2. The third-order valence-electron chi connectivity index (χ3n) is 11.2. The highest BCUT2D eigenvalue weighted by molar-refractivity contribution is 6.03. The van der Waals surface area contributed by atoms with Crippen molar-refractivity contribution in [3.05, 3.63) is 154 Å². The number of fused-ring (bicyclic) bond motifs is 2. The Bertz CT molecular complexity index is 2300. The Kier molecular flexibility index (Phi) is 11.1. The first kappa shape index (κ1) is 37.0. The van der Waals surface area contributed by atoms with Gasteiger partial charge in [0.25, 0.3) is 0 Å². The lowest BCUT2D eigenvalue weighted by Gasteiger charge is -2.34. The average Bonchev–Trinajstić information content (AvgIpc) is 3.56. The van der Waals surface area contributed by atoms with E-state index in [9.17, 15) is 14.7 Å². The van der Waals surface area contributed by atoms with Crippen molar-refractivity contribution in [1.82, 2.24) is 20.4 Å². The van der Waals surface area contributed by atoms with Crippen LogP contribution in [0.25, 0.3) is 10.9 Å². The van der Waals surface area contributed by atoms with E-state index in [0.717, 1.165) is 61.0 Å². The van der Waals surface area contributed by atoms with Crippen LogP contribution in [0.1, 0.15) is 88.9 Å². The lowest BCUT2D eigenvalue weighted by molar-refractivity contribution is -0.134. The number of nitrogens with zero attached hydrogens (tertiary/aromatic N) is 2. The van der Waals surface area contributed by atoms with E-state index in [1.165, 1.54) is 27.8 Å². The summed E-state index contributed by atoms with van der Waals surface area (Å²) in [6, 6.07) is 39.5. The highest BCUT2D eigenvalue weighted by Crippen LogP contribution is 2.47. The van der Waals surface area contributed by atoms with E-state index in [2.05, 4.69) is 101 Å². The first-order valence-electron chi connectivity index (χ1n) is 19.7. The van der Waals surface area contributed by atoms with Crippen LogP contribution in [-0.4, -0.2) is 39.9 Å². The zero-order chi connectivity index (χ0) is 38.4. The molecule has 56 heavy (non-hydrogen) atoms. The number of phenols is 1. The summed E-state index contributed by atoms with van der Waals surface area (Å²) >= 11 is 0. The normalized spacial score (nSPS) is 18.1. The van der Waals surface area contributed by atoms with E-state index in [0.29, 0.717) is 49.2 Å². The largest absolute Gasteiger partial charge is 0.508 e. The van der Waals surface area contributed by atoms with Crippen molar-refractivity contribution in [2.45, 2.75) is 69.4 Å². The molecule has 0 bridgehead atoms. The van der Waals surface area contributed by atoms with Crippen molar-refractivity contribution >= 4 is 22.7 Å². The molecule has 6 aromatic rings. The molecular formula is C47H48N4O5. The Morgan fingerprint density at radius 2 is 1.62 bits per heavy atom. The molecule has 1 aliphatic carbocycles. The molecule has 2 heterocycles. The number of phenolic OH excluding ortho intramolecular Hbond substituents is 1. The Balaban J connectivity index is 0.779. The van der Waals surface area contributed by atoms with Gasteiger partial charge in [-0.25, -0.2) is 0 Å². The second kappa shape index (κ2) is 16.8. The van der Waals surface area contributed by atoms with E-state index < -0.39 is 5.92 Å². The minimum absolute atomic E-state index is 0.225. The van der Waals surface area contributed by atoms with Gasteiger partial charge in [0.1, 0.15) is 29.4 Å². The number of carbonyl (C=O) groups is 2. The number of aromatic hydroxyl groups is 1. The molecule has 5 aromatic carbocycles. The van der Waals surface area contributed by atoms with Crippen LogP contribution in [0.2, 0.25) is 0 Å². The van der Waals surface area contributed by atoms with Gasteiger partial charge < -0.3 is 19.9 Å². The Morgan fingerprint density at radius 1 is 0.821 bits per heavy atom. The van der Waals surface area contributed by atoms with Crippen LogP contribution in [0.5, 0.6) is 17.2 Å². The van der Waals surface area contributed by atoms with E-state index >= 15 is 0 Å². The molecule has 8 rings (SSSR count). The quantitative estimate of drug-likeness (QED) is 0.0761. The highest BCUT2D eigenvalue weighted by Gasteiger charge is 2.33. The fourth-order valence-corrected chi connectivity index (χ4v) is 8.39. The van der Waals surface area contributed by atoms with Gasteiger partial charge in [-0.15, -0.1) is 0 Å². The molecule has 1 fully saturated rings. The number of amides is 2. The number of unbranched alkanes of at least 4 members (excludes halogenated alkanes) is 1. The van der Waals surface area contributed by atoms with Crippen molar-refractivity contribution in [1.29, 1.82) is 0 Å². The smallest absolute Gasteiger partial charge is 0.235 e. The van der Waals surface area contributed by atoms with Gasteiger partial charge >= 0.3 is 0 Å². The summed E-state index contributed by atoms with van der Waals surface area (Å²) in [7, 11) is 1.85. The molecule has 9 nitrogen and oxygen atoms in total. The number of para-hydroxylation sites is 1. The fourth-order valence-electron chi connectivity index (χ4n) is 8.39. The molecule has 1 aliphatic heterocycles. The summed E-state index contributed by atoms with van der Waals surface area (Å²) in [5.74, 6) is 1.54. The molecule has 2 amide bonds. The second-order valence-corrected chi connectivity index (χ2v) is 15.0. The molecule has 2 aliphatic rings. The molecular weight excluding hydrogens is 701 g/mol. The molecule has 1 unspecified atom stereocenters. The van der Waals surface area contributed by atoms with E-state index in [1.54, 1.807) is 4.68 Å². The van der Waals surface area contributed by atoms with Crippen molar-refractivity contribution < 1.29 is 24.2 Å². The van der Waals surface area contributed by atoms with Crippen LogP contribution in [0.3, 0.4) is 0 Å². The van der Waals surface area contributed by atoms with Gasteiger partial charge in [-0.1, -0.05) is 84.9 Å². The van der Waals surface area contributed by atoms with Crippen LogP contribution in [0, 0.1) is 0 Å². The average molecular weight is 749 g/mol. The van der Waals surface area contributed by atoms with Crippen molar-refractivity contribution in [3.8, 4) is 17.2 Å². The molecule has 0 radical (unpaired) electrons. The predicted molar refractivity (Wildman–Crippen MR) is 217 cm³/mol. The third-order valence-corrected chi connectivity index (χ3v) is 11.2. The summed E-state index contributed by atoms with van der Waals surface area (Å²) in [5, 5.41) is 21.7. The van der Waals surface area contributed by atoms with E-state index in [1.807, 2.05) is 37.4 Å². The van der Waals surface area contributed by atoms with Crippen LogP contribution in [0.4, 0.5) is 0 Å². The Labute approximate surface area is 327 Å². The first-order valence-corrected chi connectivity index (χ1v) is 19.7. The minimum atomic E-state index is -0.455. The summed E-state index contributed by atoms with van der Waals surface area (Å²) in [5.41, 5.74) is 8.93. The van der Waals surface area contributed by atoms with Gasteiger partial charge in [-0.2, -0.15) is 5.10 Å². The zero-order valence-electron chi connectivity index (χ0n) is 31.7. The first-order chi connectivity index (χ1) is 27.4. The summed E-state index contributed by atoms with van der Waals surface area (Å²) in [6.07, 6.45) is 4.74. The van der Waals surface area contributed by atoms with E-state index in [4.69, 9.17) is 9.47 Å². The zero-order valence-corrected chi connectivity index (χ0v) is 31.7. The Morgan fingerprint density at radius 3 is 2.43 bits per heavy atom. The fraction of sp³-hybridized carbons (Fsp3) is 0.298. The lowest BCUT2D eigenvalue weighted by atomic mass is 9.69. The van der Waals surface area contributed by atoms with Gasteiger partial charge in [0.15, 0.2) is 0 Å². The van der Waals surface area contributed by atoms with Crippen LogP contribution < -0.4 is 20.1 Å². The highest BCUT2D eigenvalue weighted by atomic mass is 16.5. The number of aryl methyl sites for hydroxylation is 2. The number of rotatable bonds is 14. The van der Waals surface area contributed by atoms with Gasteiger partial charge in [0.05, 0.1) is 18.2 Å². The summed E-state index contributed by atoms with van der Waals surface area (Å²) in [6.45, 7) is 2.76. The SMILES string of the molecule is Cn1nc(C2CCC(=O)NC2=O)c2cccc(OCc3ccc(CNCCCCOc4ccc([C@@H]5c6ccc(O)cc6CC[C@@H]5c5ccccc5)cc4)cc3)c21. The number of hydrogen-bond acceptors (Lipinski definition) is 7. The number of carbonyl (C=O) groups excluding carboxylic acids is 2. The summed E-state index contributed by atoms with van der Waals surface area (Å²) < 4.78 is 14.2. The number of ether oxygens (including phenoxy) is 2. The molecule has 1 saturated heterocycles. The molecule has 0 saturated carbocycles. The molecule has 3 atom stereocenters.